The van der Waals surface area contributed by atoms with Gasteiger partial charge in [-0.25, -0.2) is 0 Å². The first kappa shape index (κ1) is 11.5. The molecule has 14 heavy (non-hydrogen) atoms. The maximum absolute atomic E-state index is 10.6. The highest BCUT2D eigenvalue weighted by molar-refractivity contribution is 5.47. The van der Waals surface area contributed by atoms with Crippen LogP contribution in [0.15, 0.2) is 0 Å². The monoisotopic (exact) mass is 197 g/mol. The Kier molecular flexibility index (Phi) is 4.99. The first-order valence-electron chi connectivity index (χ1n) is 5.97. The van der Waals surface area contributed by atoms with Crippen LogP contribution in [0.4, 0.5) is 0 Å². The number of unbranched alkanes of at least 4 members (excludes halogenated alkanes) is 3. The molecule has 0 aromatic heterocycles. The zero-order chi connectivity index (χ0) is 10.4. The SMILES string of the molecule is CCCCCC[C@H]1CN(C=O)C[C@@H]1C. The quantitative estimate of drug-likeness (QED) is 0.473. The maximum Gasteiger partial charge on any atom is 0.209 e. The van der Waals surface area contributed by atoms with E-state index in [9.17, 15) is 4.79 Å². The molecular weight excluding hydrogens is 174 g/mol. The minimum atomic E-state index is 0.710. The second-order valence-corrected chi connectivity index (χ2v) is 4.65. The fourth-order valence-corrected chi connectivity index (χ4v) is 2.37. The van der Waals surface area contributed by atoms with E-state index in [0.29, 0.717) is 5.92 Å². The average molecular weight is 197 g/mol. The number of carbonyl (C=O) groups is 1. The molecule has 1 aliphatic rings. The summed E-state index contributed by atoms with van der Waals surface area (Å²) < 4.78 is 0. The number of nitrogens with zero attached hydrogens (tertiary/aromatic N) is 1. The molecule has 1 aliphatic heterocycles. The zero-order valence-electron chi connectivity index (χ0n) is 9.54. The molecule has 82 valence electrons. The van der Waals surface area contributed by atoms with Crippen LogP contribution in [0.25, 0.3) is 0 Å². The van der Waals surface area contributed by atoms with E-state index in [2.05, 4.69) is 13.8 Å². The van der Waals surface area contributed by atoms with Crippen molar-refractivity contribution < 1.29 is 4.79 Å². The van der Waals surface area contributed by atoms with Gasteiger partial charge in [0.1, 0.15) is 0 Å². The summed E-state index contributed by atoms with van der Waals surface area (Å²) in [5.74, 6) is 1.47. The summed E-state index contributed by atoms with van der Waals surface area (Å²) in [6.45, 7) is 6.49. The lowest BCUT2D eigenvalue weighted by molar-refractivity contribution is -0.117. The average Bonchev–Trinajstić information content (AvgIpc) is 2.54. The standard InChI is InChI=1S/C12H23NO/c1-3-4-5-6-7-12-9-13(10-14)8-11(12)2/h10-12H,3-9H2,1-2H3/t11-,12-/m0/s1. The van der Waals surface area contributed by atoms with Crippen LogP contribution in [0.2, 0.25) is 0 Å². The Bertz CT molecular complexity index is 170. The molecule has 0 bridgehead atoms. The van der Waals surface area contributed by atoms with Crippen LogP contribution >= 0.6 is 0 Å². The molecule has 0 aromatic carbocycles. The number of hydrogen-bond acceptors (Lipinski definition) is 1. The molecule has 0 unspecified atom stereocenters. The van der Waals surface area contributed by atoms with Crippen LogP contribution in [-0.4, -0.2) is 24.4 Å². The molecule has 1 rings (SSSR count). The second kappa shape index (κ2) is 6.05. The van der Waals surface area contributed by atoms with Crippen molar-refractivity contribution in [3.63, 3.8) is 0 Å². The van der Waals surface area contributed by atoms with Gasteiger partial charge >= 0.3 is 0 Å². The number of rotatable bonds is 6. The van der Waals surface area contributed by atoms with E-state index in [1.807, 2.05) is 4.90 Å². The Labute approximate surface area is 87.7 Å². The summed E-state index contributed by atoms with van der Waals surface area (Å²) in [4.78, 5) is 12.5. The predicted octanol–water partition coefficient (Wildman–Crippen LogP) is 2.68. The molecule has 0 N–H and O–H groups in total. The molecule has 1 amide bonds. The van der Waals surface area contributed by atoms with Gasteiger partial charge in [0.15, 0.2) is 0 Å². The van der Waals surface area contributed by atoms with Crippen molar-refractivity contribution in [2.24, 2.45) is 11.8 Å². The molecule has 1 fully saturated rings. The van der Waals surface area contributed by atoms with Crippen LogP contribution in [0.1, 0.15) is 46.0 Å². The Morgan fingerprint density at radius 2 is 2.07 bits per heavy atom. The molecule has 1 saturated heterocycles. The van der Waals surface area contributed by atoms with Crippen LogP contribution in [-0.2, 0) is 4.79 Å². The van der Waals surface area contributed by atoms with Gasteiger partial charge in [0.2, 0.25) is 6.41 Å². The van der Waals surface area contributed by atoms with Gasteiger partial charge in [-0.1, -0.05) is 39.5 Å². The van der Waals surface area contributed by atoms with E-state index in [0.717, 1.165) is 25.4 Å². The molecule has 0 spiro atoms. The second-order valence-electron chi connectivity index (χ2n) is 4.65. The normalized spacial score (nSPS) is 26.9. The fraction of sp³-hybridized carbons (Fsp3) is 0.917. The van der Waals surface area contributed by atoms with Gasteiger partial charge in [-0.15, -0.1) is 0 Å². The molecular formula is C12H23NO. The number of carbonyl (C=O) groups excluding carboxylic acids is 1. The van der Waals surface area contributed by atoms with E-state index >= 15 is 0 Å². The summed E-state index contributed by atoms with van der Waals surface area (Å²) in [6, 6.07) is 0. The third-order valence-corrected chi connectivity index (χ3v) is 3.37. The lowest BCUT2D eigenvalue weighted by Gasteiger charge is -2.12. The van der Waals surface area contributed by atoms with E-state index in [1.165, 1.54) is 32.1 Å². The summed E-state index contributed by atoms with van der Waals surface area (Å²) in [5, 5.41) is 0. The molecule has 1 heterocycles. The summed E-state index contributed by atoms with van der Waals surface area (Å²) in [7, 11) is 0. The number of amides is 1. The Morgan fingerprint density at radius 3 is 2.64 bits per heavy atom. The number of hydrogen-bond donors (Lipinski definition) is 0. The van der Waals surface area contributed by atoms with E-state index in [-0.39, 0.29) is 0 Å². The van der Waals surface area contributed by atoms with Crippen molar-refractivity contribution in [2.45, 2.75) is 46.0 Å². The summed E-state index contributed by atoms with van der Waals surface area (Å²) in [6.07, 6.45) is 7.68. The van der Waals surface area contributed by atoms with E-state index in [4.69, 9.17) is 0 Å². The van der Waals surface area contributed by atoms with Gasteiger partial charge in [0.25, 0.3) is 0 Å². The molecule has 2 nitrogen and oxygen atoms in total. The highest BCUT2D eigenvalue weighted by Crippen LogP contribution is 2.26. The topological polar surface area (TPSA) is 20.3 Å². The Hall–Kier alpha value is -0.530. The van der Waals surface area contributed by atoms with Gasteiger partial charge in [-0.2, -0.15) is 0 Å². The molecule has 0 saturated carbocycles. The van der Waals surface area contributed by atoms with Gasteiger partial charge in [0, 0.05) is 13.1 Å². The van der Waals surface area contributed by atoms with Crippen LogP contribution in [0.3, 0.4) is 0 Å². The van der Waals surface area contributed by atoms with Crippen molar-refractivity contribution in [3.05, 3.63) is 0 Å². The lowest BCUT2D eigenvalue weighted by Crippen LogP contribution is -2.18. The largest absolute Gasteiger partial charge is 0.345 e. The fourth-order valence-electron chi connectivity index (χ4n) is 2.37. The molecule has 0 radical (unpaired) electrons. The third kappa shape index (κ3) is 3.32. The lowest BCUT2D eigenvalue weighted by atomic mass is 9.92. The Morgan fingerprint density at radius 1 is 1.29 bits per heavy atom. The smallest absolute Gasteiger partial charge is 0.209 e. The van der Waals surface area contributed by atoms with Crippen molar-refractivity contribution in [1.82, 2.24) is 4.90 Å². The Balaban J connectivity index is 2.15. The first-order chi connectivity index (χ1) is 6.77. The molecule has 0 aliphatic carbocycles. The minimum absolute atomic E-state index is 0.710. The van der Waals surface area contributed by atoms with E-state index in [1.54, 1.807) is 0 Å². The van der Waals surface area contributed by atoms with Crippen LogP contribution in [0, 0.1) is 11.8 Å². The predicted molar refractivity (Wildman–Crippen MR) is 59.1 cm³/mol. The first-order valence-corrected chi connectivity index (χ1v) is 5.97. The minimum Gasteiger partial charge on any atom is -0.345 e. The zero-order valence-corrected chi connectivity index (χ0v) is 9.54. The van der Waals surface area contributed by atoms with Crippen molar-refractivity contribution in [1.29, 1.82) is 0 Å². The van der Waals surface area contributed by atoms with Crippen LogP contribution in [0.5, 0.6) is 0 Å². The van der Waals surface area contributed by atoms with Crippen molar-refractivity contribution in [3.8, 4) is 0 Å². The third-order valence-electron chi connectivity index (χ3n) is 3.37. The van der Waals surface area contributed by atoms with Crippen molar-refractivity contribution >= 4 is 6.41 Å². The molecule has 0 aromatic rings. The highest BCUT2D eigenvalue weighted by Gasteiger charge is 2.27. The van der Waals surface area contributed by atoms with Crippen molar-refractivity contribution in [2.75, 3.05) is 13.1 Å². The van der Waals surface area contributed by atoms with E-state index < -0.39 is 0 Å². The molecule has 2 atom stereocenters. The van der Waals surface area contributed by atoms with Gasteiger partial charge < -0.3 is 4.90 Å². The van der Waals surface area contributed by atoms with Gasteiger partial charge in [-0.3, -0.25) is 4.79 Å². The molecule has 2 heteroatoms. The van der Waals surface area contributed by atoms with Gasteiger partial charge in [0.05, 0.1) is 0 Å². The summed E-state index contributed by atoms with van der Waals surface area (Å²) in [5.41, 5.74) is 0. The number of likely N-dealkylation sites (tertiary alicyclic amines) is 1. The van der Waals surface area contributed by atoms with Crippen LogP contribution < -0.4 is 0 Å². The van der Waals surface area contributed by atoms with Gasteiger partial charge in [-0.05, 0) is 18.3 Å². The summed E-state index contributed by atoms with van der Waals surface area (Å²) >= 11 is 0. The highest BCUT2D eigenvalue weighted by atomic mass is 16.1. The maximum atomic E-state index is 10.6.